The third kappa shape index (κ3) is 4.61. The lowest BCUT2D eigenvalue weighted by Gasteiger charge is -2.01. The zero-order valence-electron chi connectivity index (χ0n) is 9.09. The quantitative estimate of drug-likeness (QED) is 0.539. The molecule has 0 atom stereocenters. The van der Waals surface area contributed by atoms with Gasteiger partial charge in [-0.25, -0.2) is 4.68 Å². The Bertz CT molecular complexity index is 266. The Hall–Kier alpha value is -0.620. The van der Waals surface area contributed by atoms with Gasteiger partial charge >= 0.3 is 0 Å². The van der Waals surface area contributed by atoms with Crippen molar-refractivity contribution in [1.82, 2.24) is 20.2 Å². The molecule has 1 N–H and O–H groups in total. The SMILES string of the molecule is CCCCCCSc1nnnn1CCO. The van der Waals surface area contributed by atoms with Crippen LogP contribution in [0.5, 0.6) is 0 Å². The van der Waals surface area contributed by atoms with E-state index in [1.165, 1.54) is 25.7 Å². The van der Waals surface area contributed by atoms with Gasteiger partial charge in [-0.15, -0.1) is 5.10 Å². The Morgan fingerprint density at radius 3 is 2.93 bits per heavy atom. The molecule has 0 unspecified atom stereocenters. The van der Waals surface area contributed by atoms with Gasteiger partial charge < -0.3 is 5.11 Å². The molecule has 0 radical (unpaired) electrons. The van der Waals surface area contributed by atoms with Gasteiger partial charge in [0.1, 0.15) is 0 Å². The van der Waals surface area contributed by atoms with Crippen LogP contribution in [-0.4, -0.2) is 37.7 Å². The first kappa shape index (κ1) is 12.4. The van der Waals surface area contributed by atoms with Crippen LogP contribution in [-0.2, 0) is 6.54 Å². The molecule has 1 aromatic heterocycles. The van der Waals surface area contributed by atoms with Gasteiger partial charge in [0.05, 0.1) is 13.2 Å². The summed E-state index contributed by atoms with van der Waals surface area (Å²) in [5.74, 6) is 1.05. The van der Waals surface area contributed by atoms with Crippen LogP contribution in [0, 0.1) is 0 Å². The highest BCUT2D eigenvalue weighted by Crippen LogP contribution is 2.15. The molecule has 0 aliphatic rings. The van der Waals surface area contributed by atoms with Crippen molar-refractivity contribution < 1.29 is 5.11 Å². The second kappa shape index (κ2) is 7.64. The van der Waals surface area contributed by atoms with E-state index < -0.39 is 0 Å². The largest absolute Gasteiger partial charge is 0.394 e. The molecule has 0 spiro atoms. The molecule has 5 nitrogen and oxygen atoms in total. The van der Waals surface area contributed by atoms with Gasteiger partial charge in [0.15, 0.2) is 0 Å². The summed E-state index contributed by atoms with van der Waals surface area (Å²) >= 11 is 1.66. The highest BCUT2D eigenvalue weighted by molar-refractivity contribution is 7.99. The molecule has 0 saturated heterocycles. The normalized spacial score (nSPS) is 10.8. The summed E-state index contributed by atoms with van der Waals surface area (Å²) in [5, 5.41) is 20.9. The number of aliphatic hydroxyl groups is 1. The molecular weight excluding hydrogens is 212 g/mol. The van der Waals surface area contributed by atoms with Crippen LogP contribution in [0.4, 0.5) is 0 Å². The van der Waals surface area contributed by atoms with E-state index >= 15 is 0 Å². The first-order chi connectivity index (χ1) is 7.38. The van der Waals surface area contributed by atoms with Crippen LogP contribution in [0.2, 0.25) is 0 Å². The van der Waals surface area contributed by atoms with Crippen molar-refractivity contribution in [3.8, 4) is 0 Å². The highest BCUT2D eigenvalue weighted by Gasteiger charge is 2.04. The van der Waals surface area contributed by atoms with E-state index in [9.17, 15) is 0 Å². The van der Waals surface area contributed by atoms with Crippen molar-refractivity contribution in [1.29, 1.82) is 0 Å². The summed E-state index contributed by atoms with van der Waals surface area (Å²) in [7, 11) is 0. The molecule has 15 heavy (non-hydrogen) atoms. The standard InChI is InChI=1S/C9H18N4OS/c1-2-3-4-5-8-15-9-10-11-12-13(9)6-7-14/h14H,2-8H2,1H3. The first-order valence-corrected chi connectivity index (χ1v) is 6.37. The number of aliphatic hydroxyl groups excluding tert-OH is 1. The average Bonchev–Trinajstić information content (AvgIpc) is 2.66. The third-order valence-corrected chi connectivity index (χ3v) is 3.08. The minimum absolute atomic E-state index is 0.0778. The number of tetrazole rings is 1. The van der Waals surface area contributed by atoms with Crippen LogP contribution in [0.3, 0.4) is 0 Å². The lowest BCUT2D eigenvalue weighted by atomic mass is 10.2. The fourth-order valence-corrected chi connectivity index (χ4v) is 2.13. The van der Waals surface area contributed by atoms with Crippen LogP contribution in [0.1, 0.15) is 32.6 Å². The molecule has 1 rings (SSSR count). The number of thioether (sulfide) groups is 1. The lowest BCUT2D eigenvalue weighted by Crippen LogP contribution is -2.05. The van der Waals surface area contributed by atoms with Crippen LogP contribution < -0.4 is 0 Å². The molecular formula is C9H18N4OS. The minimum Gasteiger partial charge on any atom is -0.394 e. The van der Waals surface area contributed by atoms with Gasteiger partial charge in [-0.1, -0.05) is 37.9 Å². The van der Waals surface area contributed by atoms with Crippen molar-refractivity contribution in [2.45, 2.75) is 44.3 Å². The van der Waals surface area contributed by atoms with Crippen LogP contribution in [0.25, 0.3) is 0 Å². The van der Waals surface area contributed by atoms with Gasteiger partial charge in [0.25, 0.3) is 0 Å². The monoisotopic (exact) mass is 230 g/mol. The van der Waals surface area contributed by atoms with E-state index in [0.29, 0.717) is 6.54 Å². The van der Waals surface area contributed by atoms with E-state index in [1.54, 1.807) is 16.4 Å². The van der Waals surface area contributed by atoms with Crippen LogP contribution >= 0.6 is 11.8 Å². The van der Waals surface area contributed by atoms with E-state index in [0.717, 1.165) is 10.9 Å². The molecule has 0 amide bonds. The summed E-state index contributed by atoms with van der Waals surface area (Å²) in [6, 6.07) is 0. The maximum Gasteiger partial charge on any atom is 0.209 e. The van der Waals surface area contributed by atoms with Crippen molar-refractivity contribution in [3.63, 3.8) is 0 Å². The molecule has 6 heteroatoms. The molecule has 1 heterocycles. The minimum atomic E-state index is 0.0778. The Balaban J connectivity index is 2.21. The third-order valence-electron chi connectivity index (χ3n) is 2.04. The molecule has 0 aliphatic heterocycles. The predicted molar refractivity (Wildman–Crippen MR) is 59.8 cm³/mol. The average molecular weight is 230 g/mol. The fourth-order valence-electron chi connectivity index (χ4n) is 1.23. The summed E-state index contributed by atoms with van der Waals surface area (Å²) in [5.41, 5.74) is 0. The van der Waals surface area contributed by atoms with Gasteiger partial charge in [-0.05, 0) is 16.8 Å². The summed E-state index contributed by atoms with van der Waals surface area (Å²) in [6.45, 7) is 2.76. The molecule has 86 valence electrons. The first-order valence-electron chi connectivity index (χ1n) is 5.38. The maximum absolute atomic E-state index is 8.78. The highest BCUT2D eigenvalue weighted by atomic mass is 32.2. The summed E-state index contributed by atoms with van der Waals surface area (Å²) < 4.78 is 1.64. The Morgan fingerprint density at radius 1 is 1.33 bits per heavy atom. The molecule has 0 aromatic carbocycles. The Labute approximate surface area is 94.3 Å². The number of aromatic nitrogens is 4. The second-order valence-corrected chi connectivity index (χ2v) is 4.38. The van der Waals surface area contributed by atoms with E-state index in [4.69, 9.17) is 5.11 Å². The van der Waals surface area contributed by atoms with Crippen molar-refractivity contribution >= 4 is 11.8 Å². The van der Waals surface area contributed by atoms with Crippen molar-refractivity contribution in [2.75, 3.05) is 12.4 Å². The molecule has 0 bridgehead atoms. The van der Waals surface area contributed by atoms with E-state index in [-0.39, 0.29) is 6.61 Å². The van der Waals surface area contributed by atoms with Crippen molar-refractivity contribution in [3.05, 3.63) is 0 Å². The maximum atomic E-state index is 8.78. The van der Waals surface area contributed by atoms with Gasteiger partial charge in [-0.3, -0.25) is 0 Å². The Kier molecular flexibility index (Phi) is 6.34. The molecule has 0 aliphatic carbocycles. The van der Waals surface area contributed by atoms with Gasteiger partial charge in [0, 0.05) is 5.75 Å². The number of nitrogens with zero attached hydrogens (tertiary/aromatic N) is 4. The Morgan fingerprint density at radius 2 is 2.20 bits per heavy atom. The molecule has 0 fully saturated rings. The van der Waals surface area contributed by atoms with Crippen LogP contribution in [0.15, 0.2) is 5.16 Å². The summed E-state index contributed by atoms with van der Waals surface area (Å²) in [4.78, 5) is 0. The summed E-state index contributed by atoms with van der Waals surface area (Å²) in [6.07, 6.45) is 5.02. The fraction of sp³-hybridized carbons (Fsp3) is 0.889. The topological polar surface area (TPSA) is 63.8 Å². The zero-order valence-corrected chi connectivity index (χ0v) is 9.91. The predicted octanol–water partition coefficient (Wildman–Crippen LogP) is 1.34. The second-order valence-electron chi connectivity index (χ2n) is 3.32. The lowest BCUT2D eigenvalue weighted by molar-refractivity contribution is 0.262. The van der Waals surface area contributed by atoms with Gasteiger partial charge in [0.2, 0.25) is 5.16 Å². The molecule has 0 saturated carbocycles. The smallest absolute Gasteiger partial charge is 0.209 e. The van der Waals surface area contributed by atoms with Crippen molar-refractivity contribution in [2.24, 2.45) is 0 Å². The zero-order chi connectivity index (χ0) is 10.9. The molecule has 1 aromatic rings. The number of unbranched alkanes of at least 4 members (excludes halogenated alkanes) is 3. The number of rotatable bonds is 8. The number of hydrogen-bond donors (Lipinski definition) is 1. The van der Waals surface area contributed by atoms with E-state index in [1.807, 2.05) is 0 Å². The van der Waals surface area contributed by atoms with Gasteiger partial charge in [-0.2, -0.15) is 0 Å². The number of hydrogen-bond acceptors (Lipinski definition) is 5. The van der Waals surface area contributed by atoms with E-state index in [2.05, 4.69) is 22.4 Å².